The van der Waals surface area contributed by atoms with Gasteiger partial charge in [0, 0.05) is 12.1 Å². The zero-order chi connectivity index (χ0) is 12.2. The largest absolute Gasteiger partial charge is 0.542 e. The number of rotatable bonds is 0. The van der Waals surface area contributed by atoms with Gasteiger partial charge in [-0.3, -0.25) is 0 Å². The van der Waals surface area contributed by atoms with E-state index in [-0.39, 0.29) is 0 Å². The second-order valence-electron chi connectivity index (χ2n) is 2.79. The van der Waals surface area contributed by atoms with Crippen LogP contribution in [0.2, 0.25) is 0 Å². The summed E-state index contributed by atoms with van der Waals surface area (Å²) >= 11 is 0. The quantitative estimate of drug-likeness (QED) is 0.680. The Labute approximate surface area is 89.2 Å². The van der Waals surface area contributed by atoms with Gasteiger partial charge in [-0.15, -0.1) is 0 Å². The Morgan fingerprint density at radius 2 is 1.88 bits per heavy atom. The van der Waals surface area contributed by atoms with Crippen molar-refractivity contribution in [3.63, 3.8) is 0 Å². The molecule has 2 rings (SSSR count). The van der Waals surface area contributed by atoms with Crippen molar-refractivity contribution < 1.29 is 23.1 Å². The van der Waals surface area contributed by atoms with Gasteiger partial charge in [-0.2, -0.15) is 18.5 Å². The van der Waals surface area contributed by atoms with Crippen LogP contribution in [0.15, 0.2) is 24.3 Å². The molecule has 3 nitrogen and oxygen atoms in total. The van der Waals surface area contributed by atoms with Crippen molar-refractivity contribution in [1.29, 1.82) is 0 Å². The fourth-order valence-electron chi connectivity index (χ4n) is 0.928. The van der Waals surface area contributed by atoms with E-state index in [1.54, 1.807) is 0 Å². The summed E-state index contributed by atoms with van der Waals surface area (Å²) in [5.41, 5.74) is 2.37. The monoisotopic (exact) mass is 229 g/mol. The molecule has 0 aliphatic carbocycles. The van der Waals surface area contributed by atoms with Crippen LogP contribution in [0.1, 0.15) is 5.56 Å². The average molecular weight is 229 g/mol. The van der Waals surface area contributed by atoms with E-state index in [9.17, 15) is 13.2 Å². The van der Waals surface area contributed by atoms with Crippen molar-refractivity contribution in [3.05, 3.63) is 36.0 Å². The Bertz CT molecular complexity index is 413. The minimum atomic E-state index is -5.19. The number of hydrogen-bond donors (Lipinski definition) is 1. The Morgan fingerprint density at radius 1 is 1.31 bits per heavy atom. The van der Waals surface area contributed by atoms with Crippen molar-refractivity contribution in [2.45, 2.75) is 6.18 Å². The fourth-order valence-corrected chi connectivity index (χ4v) is 0.928. The molecule has 0 saturated carbocycles. The molecule has 16 heavy (non-hydrogen) atoms. The van der Waals surface area contributed by atoms with Gasteiger partial charge in [0.15, 0.2) is 11.3 Å². The number of carbonyl (C=O) groups is 1. The third kappa shape index (κ3) is 3.25. The van der Waals surface area contributed by atoms with Crippen molar-refractivity contribution in [2.75, 3.05) is 5.32 Å². The highest BCUT2D eigenvalue weighted by atomic mass is 19.4. The zero-order valence-electron chi connectivity index (χ0n) is 7.84. The lowest BCUT2D eigenvalue weighted by molar-refractivity contribution is -0.344. The topological polar surface area (TPSA) is 52.2 Å². The number of carboxylic acid groups (broad SMARTS) is 1. The molecule has 0 fully saturated rings. The van der Waals surface area contributed by atoms with E-state index in [0.29, 0.717) is 0 Å². The van der Waals surface area contributed by atoms with Crippen molar-refractivity contribution >= 4 is 17.7 Å². The molecule has 0 spiro atoms. The minimum absolute atomic E-state index is 1.15. The van der Waals surface area contributed by atoms with E-state index >= 15 is 0 Å². The standard InChI is InChI=1S/C8H6N.C2HF3O2/c1-2-4-8-7(3-1)5-6-9-8;3-2(4,5)1(6)7/h1-5,9H;(H,6,7)/q+1;/p-1. The average Bonchev–Trinajstić information content (AvgIpc) is 2.64. The maximum absolute atomic E-state index is 10.5. The number of fused-ring (bicyclic) bond motifs is 1. The van der Waals surface area contributed by atoms with Crippen LogP contribution in [0, 0.1) is 6.20 Å². The maximum atomic E-state index is 10.5. The van der Waals surface area contributed by atoms with Gasteiger partial charge in [-0.25, -0.2) is 0 Å². The van der Waals surface area contributed by atoms with Gasteiger partial charge in [0.1, 0.15) is 18.2 Å². The molecular formula is C10H6F3NO2. The number of alkyl halides is 3. The summed E-state index contributed by atoms with van der Waals surface area (Å²) in [5, 5.41) is 11.8. The first-order valence-corrected chi connectivity index (χ1v) is 4.13. The van der Waals surface area contributed by atoms with E-state index < -0.39 is 12.1 Å². The van der Waals surface area contributed by atoms with Gasteiger partial charge in [0.25, 0.3) is 0 Å². The number of anilines is 1. The first-order valence-electron chi connectivity index (χ1n) is 4.13. The first-order chi connectivity index (χ1) is 7.41. The molecule has 0 unspecified atom stereocenters. The van der Waals surface area contributed by atoms with E-state index in [1.807, 2.05) is 24.3 Å². The SMILES string of the molecule is O=C([O-])C(F)(F)F.[C+]1=Cc2ccccc2N1. The molecule has 0 bridgehead atoms. The zero-order valence-corrected chi connectivity index (χ0v) is 7.84. The predicted octanol–water partition coefficient (Wildman–Crippen LogP) is 1.18. The molecule has 1 aliphatic heterocycles. The van der Waals surface area contributed by atoms with Gasteiger partial charge < -0.3 is 9.90 Å². The molecule has 1 aromatic rings. The summed E-state index contributed by atoms with van der Waals surface area (Å²) in [6, 6.07) is 8.12. The van der Waals surface area contributed by atoms with Gasteiger partial charge in [-0.05, 0) is 12.1 Å². The molecule has 0 amide bonds. The molecule has 1 aromatic carbocycles. The predicted molar refractivity (Wildman–Crippen MR) is 48.8 cm³/mol. The number of carbonyl (C=O) groups excluding carboxylic acids is 1. The Morgan fingerprint density at radius 3 is 2.38 bits per heavy atom. The lowest BCUT2D eigenvalue weighted by Gasteiger charge is -2.03. The number of aliphatic carboxylic acids is 1. The van der Waals surface area contributed by atoms with Crippen LogP contribution < -0.4 is 10.4 Å². The highest BCUT2D eigenvalue weighted by molar-refractivity contribution is 5.72. The van der Waals surface area contributed by atoms with E-state index in [4.69, 9.17) is 9.90 Å². The second-order valence-corrected chi connectivity index (χ2v) is 2.79. The van der Waals surface area contributed by atoms with Crippen molar-refractivity contribution in [1.82, 2.24) is 0 Å². The molecule has 1 N–H and O–H groups in total. The normalized spacial score (nSPS) is 11.7. The number of halogens is 3. The molecule has 6 heteroatoms. The second kappa shape index (κ2) is 4.63. The molecule has 0 aromatic heterocycles. The molecule has 0 radical (unpaired) electrons. The minimum Gasteiger partial charge on any atom is -0.542 e. The number of para-hydroxylation sites is 1. The third-order valence-electron chi connectivity index (χ3n) is 1.63. The first kappa shape index (κ1) is 12.0. The Kier molecular flexibility index (Phi) is 3.48. The van der Waals surface area contributed by atoms with E-state index in [1.165, 1.54) is 5.56 Å². The Balaban J connectivity index is 0.000000168. The molecule has 84 valence electrons. The van der Waals surface area contributed by atoms with Crippen LogP contribution in [-0.2, 0) is 4.79 Å². The summed E-state index contributed by atoms with van der Waals surface area (Å²) in [7, 11) is 0. The van der Waals surface area contributed by atoms with Crippen LogP contribution in [0.25, 0.3) is 6.08 Å². The van der Waals surface area contributed by atoms with Gasteiger partial charge in [0.2, 0.25) is 0 Å². The van der Waals surface area contributed by atoms with Crippen LogP contribution in [-0.4, -0.2) is 12.1 Å². The molecule has 0 saturated heterocycles. The van der Waals surface area contributed by atoms with Crippen molar-refractivity contribution in [3.8, 4) is 0 Å². The van der Waals surface area contributed by atoms with Gasteiger partial charge in [0.05, 0.1) is 0 Å². The van der Waals surface area contributed by atoms with E-state index in [0.717, 1.165) is 5.69 Å². The summed E-state index contributed by atoms with van der Waals surface area (Å²) in [5.74, 6) is -3.01. The van der Waals surface area contributed by atoms with Crippen molar-refractivity contribution in [2.24, 2.45) is 0 Å². The smallest absolute Gasteiger partial charge is 0.430 e. The van der Waals surface area contributed by atoms with Gasteiger partial charge in [-0.1, -0.05) is 0 Å². The summed E-state index contributed by atoms with van der Waals surface area (Å²) in [6.45, 7) is 0. The summed E-state index contributed by atoms with van der Waals surface area (Å²) in [6.07, 6.45) is -0.342. The lowest BCUT2D eigenvalue weighted by Crippen LogP contribution is -2.37. The number of hydrogen-bond acceptors (Lipinski definition) is 3. The molecule has 1 heterocycles. The van der Waals surface area contributed by atoms with E-state index in [2.05, 4.69) is 17.6 Å². The highest BCUT2D eigenvalue weighted by Gasteiger charge is 2.28. The molecule has 1 aliphatic rings. The number of carboxylic acids is 1. The van der Waals surface area contributed by atoms with Crippen LogP contribution in [0.3, 0.4) is 0 Å². The third-order valence-corrected chi connectivity index (χ3v) is 1.63. The lowest BCUT2D eigenvalue weighted by atomic mass is 10.2. The molecular weight excluding hydrogens is 223 g/mol. The highest BCUT2D eigenvalue weighted by Crippen LogP contribution is 2.20. The van der Waals surface area contributed by atoms with Crippen LogP contribution in [0.5, 0.6) is 0 Å². The number of benzene rings is 1. The summed E-state index contributed by atoms with van der Waals surface area (Å²) < 4.78 is 31.5. The molecule has 0 atom stereocenters. The maximum Gasteiger partial charge on any atom is 0.430 e. The van der Waals surface area contributed by atoms with Gasteiger partial charge >= 0.3 is 6.18 Å². The fraction of sp³-hybridized carbons (Fsp3) is 0.100. The van der Waals surface area contributed by atoms with Crippen LogP contribution >= 0.6 is 0 Å². The summed E-state index contributed by atoms with van der Waals surface area (Å²) in [4.78, 5) is 8.78. The van der Waals surface area contributed by atoms with Crippen LogP contribution in [0.4, 0.5) is 18.9 Å². The number of nitrogens with one attached hydrogen (secondary N) is 1. The Hall–Kier alpha value is -2.07.